The molecular formula is C22H39N3O4. The minimum atomic E-state index is -0.617. The molecule has 0 aromatic rings. The van der Waals surface area contributed by atoms with Crippen LogP contribution < -0.4 is 5.32 Å². The number of hydrogen-bond donors (Lipinski definition) is 2. The lowest BCUT2D eigenvalue weighted by Crippen LogP contribution is -2.56. The molecule has 0 atom stereocenters. The number of alkyl carbamates (subject to hydrolysis) is 1. The Labute approximate surface area is 175 Å². The molecule has 2 aliphatic carbocycles. The second kappa shape index (κ2) is 9.65. The summed E-state index contributed by atoms with van der Waals surface area (Å²) in [5, 5.41) is 12.0. The highest BCUT2D eigenvalue weighted by molar-refractivity contribution is 5.70. The maximum absolute atomic E-state index is 11.7. The van der Waals surface area contributed by atoms with E-state index in [1.807, 2.05) is 20.8 Å². The normalized spacial score (nSPS) is 31.7. The summed E-state index contributed by atoms with van der Waals surface area (Å²) in [5.74, 6) is -0.0300. The van der Waals surface area contributed by atoms with Crippen molar-refractivity contribution in [3.63, 3.8) is 0 Å². The molecule has 0 aromatic heterocycles. The van der Waals surface area contributed by atoms with Gasteiger partial charge in [-0.1, -0.05) is 0 Å². The lowest BCUT2D eigenvalue weighted by molar-refractivity contribution is -0.143. The second-order valence-corrected chi connectivity index (χ2v) is 10.1. The highest BCUT2D eigenvalue weighted by atomic mass is 16.6. The van der Waals surface area contributed by atoms with Crippen LogP contribution in [0, 0.1) is 11.8 Å². The molecule has 0 radical (unpaired) electrons. The predicted molar refractivity (Wildman–Crippen MR) is 112 cm³/mol. The van der Waals surface area contributed by atoms with E-state index >= 15 is 0 Å². The molecule has 0 spiro atoms. The van der Waals surface area contributed by atoms with Crippen molar-refractivity contribution in [2.75, 3.05) is 32.7 Å². The van der Waals surface area contributed by atoms with Gasteiger partial charge in [0.15, 0.2) is 0 Å². The molecule has 0 bridgehead atoms. The Balaban J connectivity index is 1.27. The number of hydrogen-bond acceptors (Lipinski definition) is 5. The van der Waals surface area contributed by atoms with Crippen LogP contribution >= 0.6 is 0 Å². The lowest BCUT2D eigenvalue weighted by Gasteiger charge is -2.48. The van der Waals surface area contributed by atoms with Gasteiger partial charge in [0.1, 0.15) is 5.60 Å². The average molecular weight is 410 g/mol. The summed E-state index contributed by atoms with van der Waals surface area (Å²) < 4.78 is 5.27. The first kappa shape index (κ1) is 22.3. The Morgan fingerprint density at radius 3 is 2.03 bits per heavy atom. The van der Waals surface area contributed by atoms with Crippen LogP contribution in [0.2, 0.25) is 0 Å². The van der Waals surface area contributed by atoms with Crippen LogP contribution in [0.15, 0.2) is 0 Å². The Bertz CT molecular complexity index is 555. The van der Waals surface area contributed by atoms with E-state index in [4.69, 9.17) is 9.84 Å². The quantitative estimate of drug-likeness (QED) is 0.702. The minimum absolute atomic E-state index is 0.121. The number of piperazine rings is 1. The number of carbonyl (C=O) groups excluding carboxylic acids is 1. The summed E-state index contributed by atoms with van der Waals surface area (Å²) in [6, 6.07) is 1.28. The standard InChI is InChI=1S/C22H39N3O4/c1-22(2,3)29-21(28)23-9-8-16-14-19(15-16)25-12-10-24(11-13-25)18-6-4-17(5-7-18)20(26)27/h16-19H,4-15H2,1-3H3,(H,23,28)(H,26,27)/t16?,17-,18-,19?. The van der Waals surface area contributed by atoms with Gasteiger partial charge in [-0.25, -0.2) is 4.79 Å². The first-order chi connectivity index (χ1) is 13.7. The first-order valence-electron chi connectivity index (χ1n) is 11.4. The molecule has 2 N–H and O–H groups in total. The molecule has 1 aliphatic heterocycles. The molecule has 1 amide bonds. The SMILES string of the molecule is CC(C)(C)OC(=O)NCCC1CC(N2CCN([C@H]3CC[C@H](C(=O)O)CC3)CC2)C1. The minimum Gasteiger partial charge on any atom is -0.481 e. The molecule has 7 nitrogen and oxygen atoms in total. The zero-order valence-corrected chi connectivity index (χ0v) is 18.4. The number of rotatable bonds is 6. The van der Waals surface area contributed by atoms with E-state index in [1.54, 1.807) is 0 Å². The van der Waals surface area contributed by atoms with Crippen LogP contribution in [0.25, 0.3) is 0 Å². The Morgan fingerprint density at radius 1 is 0.966 bits per heavy atom. The van der Waals surface area contributed by atoms with Crippen LogP contribution in [0.5, 0.6) is 0 Å². The number of aliphatic carboxylic acids is 1. The molecule has 3 rings (SSSR count). The van der Waals surface area contributed by atoms with Gasteiger partial charge < -0.3 is 15.2 Å². The van der Waals surface area contributed by atoms with Crippen molar-refractivity contribution in [3.05, 3.63) is 0 Å². The molecule has 166 valence electrons. The average Bonchev–Trinajstić information content (AvgIpc) is 2.62. The van der Waals surface area contributed by atoms with E-state index in [9.17, 15) is 9.59 Å². The van der Waals surface area contributed by atoms with Crippen molar-refractivity contribution in [2.45, 2.75) is 83.4 Å². The summed E-state index contributed by atoms with van der Waals surface area (Å²) in [5.41, 5.74) is -0.441. The molecule has 0 unspecified atom stereocenters. The highest BCUT2D eigenvalue weighted by Gasteiger charge is 2.36. The van der Waals surface area contributed by atoms with Crippen molar-refractivity contribution in [1.29, 1.82) is 0 Å². The fraction of sp³-hybridized carbons (Fsp3) is 0.909. The molecule has 0 aromatic carbocycles. The zero-order valence-electron chi connectivity index (χ0n) is 18.4. The fourth-order valence-corrected chi connectivity index (χ4v) is 5.08. The summed E-state index contributed by atoms with van der Waals surface area (Å²) in [6.45, 7) is 10.8. The van der Waals surface area contributed by atoms with Gasteiger partial charge in [-0.3, -0.25) is 14.6 Å². The summed E-state index contributed by atoms with van der Waals surface area (Å²) >= 11 is 0. The monoisotopic (exact) mass is 409 g/mol. The van der Waals surface area contributed by atoms with E-state index in [0.717, 1.165) is 58.3 Å². The lowest BCUT2D eigenvalue weighted by atomic mass is 9.77. The van der Waals surface area contributed by atoms with Crippen LogP contribution in [-0.2, 0) is 9.53 Å². The van der Waals surface area contributed by atoms with E-state index in [1.165, 1.54) is 12.8 Å². The van der Waals surface area contributed by atoms with E-state index < -0.39 is 11.6 Å². The largest absolute Gasteiger partial charge is 0.481 e. The van der Waals surface area contributed by atoms with Gasteiger partial charge in [0.2, 0.25) is 0 Å². The Morgan fingerprint density at radius 2 is 1.52 bits per heavy atom. The number of nitrogens with zero attached hydrogens (tertiary/aromatic N) is 2. The van der Waals surface area contributed by atoms with E-state index in [0.29, 0.717) is 24.5 Å². The summed E-state index contributed by atoms with van der Waals surface area (Å²) in [4.78, 5) is 28.1. The molecular weight excluding hydrogens is 370 g/mol. The maximum atomic E-state index is 11.7. The molecule has 3 aliphatic rings. The molecule has 1 saturated heterocycles. The molecule has 29 heavy (non-hydrogen) atoms. The van der Waals surface area contributed by atoms with Crippen LogP contribution in [0.1, 0.15) is 65.7 Å². The summed E-state index contributed by atoms with van der Waals surface area (Å²) in [6.07, 6.45) is 6.92. The number of ether oxygens (including phenoxy) is 1. The van der Waals surface area contributed by atoms with Crippen LogP contribution in [0.3, 0.4) is 0 Å². The third-order valence-electron chi connectivity index (χ3n) is 6.86. The zero-order chi connectivity index (χ0) is 21.0. The third-order valence-corrected chi connectivity index (χ3v) is 6.86. The van der Waals surface area contributed by atoms with Crippen LogP contribution in [-0.4, -0.2) is 77.4 Å². The van der Waals surface area contributed by atoms with Crippen molar-refractivity contribution in [3.8, 4) is 0 Å². The molecule has 1 heterocycles. The van der Waals surface area contributed by atoms with Gasteiger partial charge in [-0.15, -0.1) is 0 Å². The van der Waals surface area contributed by atoms with Gasteiger partial charge in [-0.2, -0.15) is 0 Å². The molecule has 3 fully saturated rings. The van der Waals surface area contributed by atoms with Gasteiger partial charge in [0.05, 0.1) is 5.92 Å². The van der Waals surface area contributed by atoms with Gasteiger partial charge in [0, 0.05) is 44.8 Å². The van der Waals surface area contributed by atoms with Crippen molar-refractivity contribution < 1.29 is 19.4 Å². The van der Waals surface area contributed by atoms with Crippen molar-refractivity contribution in [2.24, 2.45) is 11.8 Å². The fourth-order valence-electron chi connectivity index (χ4n) is 5.08. The smallest absolute Gasteiger partial charge is 0.407 e. The van der Waals surface area contributed by atoms with Gasteiger partial charge in [-0.05, 0) is 71.6 Å². The number of nitrogens with one attached hydrogen (secondary N) is 1. The topological polar surface area (TPSA) is 82.1 Å². The number of carboxylic acid groups (broad SMARTS) is 1. The number of carbonyl (C=O) groups is 2. The Hall–Kier alpha value is -1.34. The van der Waals surface area contributed by atoms with Crippen molar-refractivity contribution in [1.82, 2.24) is 15.1 Å². The first-order valence-corrected chi connectivity index (χ1v) is 11.4. The highest BCUT2D eigenvalue weighted by Crippen LogP contribution is 2.35. The second-order valence-electron chi connectivity index (χ2n) is 10.1. The van der Waals surface area contributed by atoms with Crippen LogP contribution in [0.4, 0.5) is 4.79 Å². The predicted octanol–water partition coefficient (Wildman–Crippen LogP) is 2.94. The van der Waals surface area contributed by atoms with Gasteiger partial charge in [0.25, 0.3) is 0 Å². The molecule has 7 heteroatoms. The van der Waals surface area contributed by atoms with E-state index in [2.05, 4.69) is 15.1 Å². The van der Waals surface area contributed by atoms with E-state index in [-0.39, 0.29) is 12.0 Å². The Kier molecular flexibility index (Phi) is 7.43. The molecule has 2 saturated carbocycles. The summed E-state index contributed by atoms with van der Waals surface area (Å²) in [7, 11) is 0. The van der Waals surface area contributed by atoms with Crippen molar-refractivity contribution >= 4 is 12.1 Å². The van der Waals surface area contributed by atoms with Gasteiger partial charge >= 0.3 is 12.1 Å². The maximum Gasteiger partial charge on any atom is 0.407 e. The third kappa shape index (κ3) is 6.57. The number of carboxylic acids is 1. The number of amides is 1.